The monoisotopic (exact) mass is 367 g/mol. The van der Waals surface area contributed by atoms with Gasteiger partial charge in [0.2, 0.25) is 5.13 Å². The molecule has 0 saturated heterocycles. The van der Waals surface area contributed by atoms with Crippen LogP contribution in [0.4, 0.5) is 18.3 Å². The number of furan rings is 1. The van der Waals surface area contributed by atoms with Crippen molar-refractivity contribution in [1.82, 2.24) is 10.2 Å². The Bertz CT molecular complexity index is 902. The lowest BCUT2D eigenvalue weighted by atomic mass is 10.1. The molecule has 0 saturated carbocycles. The smallest absolute Gasteiger partial charge is 0.417 e. The molecule has 3 rings (SSSR count). The molecule has 0 aliphatic rings. The summed E-state index contributed by atoms with van der Waals surface area (Å²) in [7, 11) is 0. The van der Waals surface area contributed by atoms with E-state index < -0.39 is 17.6 Å². The molecule has 1 amide bonds. The van der Waals surface area contributed by atoms with Crippen LogP contribution in [-0.4, -0.2) is 16.1 Å². The lowest BCUT2D eigenvalue weighted by Gasteiger charge is -2.10. The summed E-state index contributed by atoms with van der Waals surface area (Å²) in [5.74, 6) is -0.751. The SMILES string of the molecule is CCc1nnc(NC(=O)c2ccc(-c3ccccc3C(F)(F)F)o2)s1. The van der Waals surface area contributed by atoms with E-state index >= 15 is 0 Å². The summed E-state index contributed by atoms with van der Waals surface area (Å²) < 4.78 is 44.6. The Labute approximate surface area is 144 Å². The maximum absolute atomic E-state index is 13.1. The lowest BCUT2D eigenvalue weighted by Crippen LogP contribution is -2.10. The highest BCUT2D eigenvalue weighted by Gasteiger charge is 2.34. The maximum atomic E-state index is 13.1. The van der Waals surface area contributed by atoms with Crippen LogP contribution in [0, 0.1) is 0 Å². The molecule has 1 aromatic carbocycles. The van der Waals surface area contributed by atoms with Crippen LogP contribution in [0.2, 0.25) is 0 Å². The first-order valence-corrected chi connectivity index (χ1v) is 8.10. The Morgan fingerprint density at radius 3 is 2.64 bits per heavy atom. The van der Waals surface area contributed by atoms with Crippen LogP contribution >= 0.6 is 11.3 Å². The Balaban J connectivity index is 1.84. The van der Waals surface area contributed by atoms with Crippen molar-refractivity contribution in [3.8, 4) is 11.3 Å². The lowest BCUT2D eigenvalue weighted by molar-refractivity contribution is -0.137. The van der Waals surface area contributed by atoms with E-state index in [1.54, 1.807) is 0 Å². The van der Waals surface area contributed by atoms with Gasteiger partial charge in [-0.25, -0.2) is 0 Å². The first-order valence-electron chi connectivity index (χ1n) is 7.28. The van der Waals surface area contributed by atoms with Gasteiger partial charge in [0, 0.05) is 5.56 Å². The van der Waals surface area contributed by atoms with Crippen LogP contribution in [0.25, 0.3) is 11.3 Å². The molecule has 0 atom stereocenters. The van der Waals surface area contributed by atoms with Crippen molar-refractivity contribution in [2.75, 3.05) is 5.32 Å². The summed E-state index contributed by atoms with van der Waals surface area (Å²) >= 11 is 1.22. The van der Waals surface area contributed by atoms with Gasteiger partial charge in [-0.15, -0.1) is 10.2 Å². The number of nitrogens with zero attached hydrogens (tertiary/aromatic N) is 2. The van der Waals surface area contributed by atoms with Crippen molar-refractivity contribution >= 4 is 22.4 Å². The zero-order valence-electron chi connectivity index (χ0n) is 12.9. The predicted molar refractivity (Wildman–Crippen MR) is 86.4 cm³/mol. The normalized spacial score (nSPS) is 11.5. The van der Waals surface area contributed by atoms with Gasteiger partial charge in [0.05, 0.1) is 5.56 Å². The number of hydrogen-bond donors (Lipinski definition) is 1. The topological polar surface area (TPSA) is 68.0 Å². The molecule has 2 aromatic heterocycles. The summed E-state index contributed by atoms with van der Waals surface area (Å²) in [6.45, 7) is 1.91. The minimum atomic E-state index is -4.52. The molecule has 25 heavy (non-hydrogen) atoms. The van der Waals surface area contributed by atoms with Crippen LogP contribution in [-0.2, 0) is 12.6 Å². The molecule has 0 aliphatic carbocycles. The van der Waals surface area contributed by atoms with Crippen LogP contribution in [0.3, 0.4) is 0 Å². The van der Waals surface area contributed by atoms with E-state index in [4.69, 9.17) is 4.42 Å². The van der Waals surface area contributed by atoms with Gasteiger partial charge < -0.3 is 4.42 Å². The summed E-state index contributed by atoms with van der Waals surface area (Å²) in [6.07, 6.45) is -3.83. The van der Waals surface area contributed by atoms with Crippen LogP contribution in [0.1, 0.15) is 28.0 Å². The van der Waals surface area contributed by atoms with Gasteiger partial charge in [-0.05, 0) is 24.6 Å². The Morgan fingerprint density at radius 1 is 1.20 bits per heavy atom. The maximum Gasteiger partial charge on any atom is 0.417 e. The molecule has 0 radical (unpaired) electrons. The molecule has 2 heterocycles. The number of rotatable bonds is 4. The van der Waals surface area contributed by atoms with Gasteiger partial charge in [-0.2, -0.15) is 13.2 Å². The molecule has 130 valence electrons. The standard InChI is InChI=1S/C16H12F3N3O2S/c1-2-13-21-22-15(25-13)20-14(23)12-8-7-11(24-12)9-5-3-4-6-10(9)16(17,18)19/h3-8H,2H2,1H3,(H,20,22,23). The number of carbonyl (C=O) groups is 1. The molecule has 0 bridgehead atoms. The third-order valence-corrected chi connectivity index (χ3v) is 4.30. The summed E-state index contributed by atoms with van der Waals surface area (Å²) in [5, 5.41) is 11.3. The van der Waals surface area contributed by atoms with Gasteiger partial charge >= 0.3 is 6.18 Å². The van der Waals surface area contributed by atoms with Crippen molar-refractivity contribution in [2.24, 2.45) is 0 Å². The van der Waals surface area contributed by atoms with Crippen molar-refractivity contribution in [2.45, 2.75) is 19.5 Å². The molecule has 1 N–H and O–H groups in total. The predicted octanol–water partition coefficient (Wildman–Crippen LogP) is 4.63. The Hall–Kier alpha value is -2.68. The number of hydrogen-bond acceptors (Lipinski definition) is 5. The molecule has 5 nitrogen and oxygen atoms in total. The largest absolute Gasteiger partial charge is 0.451 e. The molecular formula is C16H12F3N3O2S. The highest BCUT2D eigenvalue weighted by molar-refractivity contribution is 7.15. The number of amides is 1. The zero-order valence-corrected chi connectivity index (χ0v) is 13.7. The van der Waals surface area contributed by atoms with Gasteiger partial charge in [0.15, 0.2) is 5.76 Å². The molecular weight excluding hydrogens is 355 g/mol. The summed E-state index contributed by atoms with van der Waals surface area (Å²) in [6, 6.07) is 7.67. The number of carbonyl (C=O) groups excluding carboxylic acids is 1. The molecule has 0 fully saturated rings. The average Bonchev–Trinajstić information content (AvgIpc) is 3.23. The highest BCUT2D eigenvalue weighted by atomic mass is 32.1. The quantitative estimate of drug-likeness (QED) is 0.730. The second kappa shape index (κ2) is 6.67. The fourth-order valence-corrected chi connectivity index (χ4v) is 2.83. The Morgan fingerprint density at radius 2 is 1.96 bits per heavy atom. The average molecular weight is 367 g/mol. The number of halogens is 3. The zero-order chi connectivity index (χ0) is 18.0. The van der Waals surface area contributed by atoms with Crippen molar-refractivity contribution in [3.63, 3.8) is 0 Å². The Kier molecular flexibility index (Phi) is 4.58. The van der Waals surface area contributed by atoms with Crippen LogP contribution < -0.4 is 5.32 Å². The van der Waals surface area contributed by atoms with Gasteiger partial charge in [-0.3, -0.25) is 10.1 Å². The number of aromatic nitrogens is 2. The van der Waals surface area contributed by atoms with E-state index in [0.717, 1.165) is 11.1 Å². The van der Waals surface area contributed by atoms with E-state index in [1.165, 1.54) is 41.7 Å². The third kappa shape index (κ3) is 3.71. The van der Waals surface area contributed by atoms with E-state index in [0.29, 0.717) is 11.6 Å². The number of nitrogens with one attached hydrogen (secondary N) is 1. The first kappa shape index (κ1) is 17.2. The molecule has 9 heteroatoms. The second-order valence-electron chi connectivity index (χ2n) is 5.02. The minimum absolute atomic E-state index is 0.0374. The number of benzene rings is 1. The summed E-state index contributed by atoms with van der Waals surface area (Å²) in [4.78, 5) is 12.1. The number of anilines is 1. The third-order valence-electron chi connectivity index (χ3n) is 3.32. The molecule has 0 aliphatic heterocycles. The molecule has 0 unspecified atom stereocenters. The fraction of sp³-hybridized carbons (Fsp3) is 0.188. The van der Waals surface area contributed by atoms with Gasteiger partial charge in [0.25, 0.3) is 5.91 Å². The van der Waals surface area contributed by atoms with Gasteiger partial charge in [-0.1, -0.05) is 36.5 Å². The minimum Gasteiger partial charge on any atom is -0.451 e. The van der Waals surface area contributed by atoms with Crippen LogP contribution in [0.15, 0.2) is 40.8 Å². The van der Waals surface area contributed by atoms with E-state index in [2.05, 4.69) is 15.5 Å². The van der Waals surface area contributed by atoms with E-state index in [-0.39, 0.29) is 17.1 Å². The van der Waals surface area contributed by atoms with E-state index in [1.807, 2.05) is 6.92 Å². The van der Waals surface area contributed by atoms with Gasteiger partial charge in [0.1, 0.15) is 10.8 Å². The highest BCUT2D eigenvalue weighted by Crippen LogP contribution is 2.37. The van der Waals surface area contributed by atoms with Crippen LogP contribution in [0.5, 0.6) is 0 Å². The number of aryl methyl sites for hydroxylation is 1. The van der Waals surface area contributed by atoms with Crippen molar-refractivity contribution in [1.29, 1.82) is 0 Å². The number of alkyl halides is 3. The van der Waals surface area contributed by atoms with E-state index in [9.17, 15) is 18.0 Å². The van der Waals surface area contributed by atoms with Crippen molar-refractivity contribution < 1.29 is 22.4 Å². The molecule has 3 aromatic rings. The fourth-order valence-electron chi connectivity index (χ4n) is 2.16. The molecule has 0 spiro atoms. The summed E-state index contributed by atoms with van der Waals surface area (Å²) in [5.41, 5.74) is -0.953. The second-order valence-corrected chi connectivity index (χ2v) is 6.08. The van der Waals surface area contributed by atoms with Crippen molar-refractivity contribution in [3.05, 3.63) is 52.7 Å². The first-order chi connectivity index (χ1) is 11.9.